The van der Waals surface area contributed by atoms with Crippen LogP contribution in [0.15, 0.2) is 24.3 Å². The lowest BCUT2D eigenvalue weighted by Crippen LogP contribution is -2.33. The summed E-state index contributed by atoms with van der Waals surface area (Å²) >= 11 is 0. The molecule has 1 aromatic carbocycles. The standard InChI is InChI=1S/C22H31N5O2/c1-4-20-21(22(28)26-11-9-16-13-23-14-17(16)10-12-26)24-25-27(20)18-5-7-19(8-6-18)29-15(2)3/h5-8,15-17,23H,4,9-14H2,1-3H3/t16-,17+. The highest BCUT2D eigenvalue weighted by Gasteiger charge is 2.33. The molecule has 2 atom stereocenters. The van der Waals surface area contributed by atoms with Crippen LogP contribution >= 0.6 is 0 Å². The van der Waals surface area contributed by atoms with Crippen LogP contribution in [0.4, 0.5) is 0 Å². The number of fused-ring (bicyclic) bond motifs is 1. The first-order chi connectivity index (χ1) is 14.1. The number of carbonyl (C=O) groups is 1. The Morgan fingerprint density at radius 3 is 2.41 bits per heavy atom. The highest BCUT2D eigenvalue weighted by molar-refractivity contribution is 5.93. The lowest BCUT2D eigenvalue weighted by Gasteiger charge is -2.20. The van der Waals surface area contributed by atoms with Gasteiger partial charge in [0, 0.05) is 13.1 Å². The molecule has 29 heavy (non-hydrogen) atoms. The van der Waals surface area contributed by atoms with Crippen LogP contribution in [0.1, 0.15) is 49.8 Å². The molecule has 0 radical (unpaired) electrons. The minimum atomic E-state index is 0.0146. The molecule has 2 aliphatic rings. The summed E-state index contributed by atoms with van der Waals surface area (Å²) < 4.78 is 7.50. The fourth-order valence-corrected chi connectivity index (χ4v) is 4.50. The van der Waals surface area contributed by atoms with E-state index in [9.17, 15) is 4.79 Å². The smallest absolute Gasteiger partial charge is 0.276 e. The van der Waals surface area contributed by atoms with Gasteiger partial charge in [-0.2, -0.15) is 0 Å². The van der Waals surface area contributed by atoms with Gasteiger partial charge in [-0.15, -0.1) is 5.10 Å². The van der Waals surface area contributed by atoms with Gasteiger partial charge >= 0.3 is 0 Å². The number of amides is 1. The molecule has 3 heterocycles. The molecule has 1 amide bonds. The summed E-state index contributed by atoms with van der Waals surface area (Å²) in [4.78, 5) is 15.2. The highest BCUT2D eigenvalue weighted by atomic mass is 16.5. The molecule has 2 saturated heterocycles. The second-order valence-electron chi connectivity index (χ2n) is 8.36. The van der Waals surface area contributed by atoms with Crippen molar-refractivity contribution in [2.75, 3.05) is 26.2 Å². The highest BCUT2D eigenvalue weighted by Crippen LogP contribution is 2.28. The van der Waals surface area contributed by atoms with Crippen LogP contribution in [0.2, 0.25) is 0 Å². The van der Waals surface area contributed by atoms with Crippen LogP contribution in [0.5, 0.6) is 5.75 Å². The van der Waals surface area contributed by atoms with Gasteiger partial charge in [-0.3, -0.25) is 4.79 Å². The molecule has 2 fully saturated rings. The molecule has 7 nitrogen and oxygen atoms in total. The van der Waals surface area contributed by atoms with Crippen molar-refractivity contribution in [2.45, 2.75) is 46.1 Å². The van der Waals surface area contributed by atoms with E-state index in [0.717, 1.165) is 56.2 Å². The Labute approximate surface area is 172 Å². The minimum absolute atomic E-state index is 0.0146. The van der Waals surface area contributed by atoms with E-state index in [1.165, 1.54) is 0 Å². The first-order valence-electron chi connectivity index (χ1n) is 10.8. The Kier molecular flexibility index (Phi) is 5.85. The maximum Gasteiger partial charge on any atom is 0.276 e. The first kappa shape index (κ1) is 19.9. The Bertz CT molecular complexity index is 831. The third-order valence-electron chi connectivity index (χ3n) is 6.06. The Morgan fingerprint density at radius 2 is 1.83 bits per heavy atom. The normalized spacial score (nSPS) is 21.9. The van der Waals surface area contributed by atoms with Crippen LogP contribution in [0.25, 0.3) is 5.69 Å². The van der Waals surface area contributed by atoms with Gasteiger partial charge in [-0.25, -0.2) is 4.68 Å². The average Bonchev–Trinajstić information content (AvgIpc) is 3.30. The Hall–Kier alpha value is -2.41. The molecule has 0 unspecified atom stereocenters. The predicted molar refractivity (Wildman–Crippen MR) is 111 cm³/mol. The van der Waals surface area contributed by atoms with Crippen molar-refractivity contribution in [3.63, 3.8) is 0 Å². The van der Waals surface area contributed by atoms with E-state index >= 15 is 0 Å². The molecule has 0 spiro atoms. The summed E-state index contributed by atoms with van der Waals surface area (Å²) in [5.74, 6) is 2.23. The van der Waals surface area contributed by atoms with Crippen LogP contribution in [0.3, 0.4) is 0 Å². The Balaban J connectivity index is 1.53. The number of nitrogens with one attached hydrogen (secondary N) is 1. The molecule has 2 aromatic rings. The van der Waals surface area contributed by atoms with Gasteiger partial charge < -0.3 is 15.0 Å². The van der Waals surface area contributed by atoms with Gasteiger partial charge in [0.1, 0.15) is 5.75 Å². The number of hydrogen-bond donors (Lipinski definition) is 1. The molecule has 156 valence electrons. The summed E-state index contributed by atoms with van der Waals surface area (Å²) in [5.41, 5.74) is 2.24. The van der Waals surface area contributed by atoms with Crippen molar-refractivity contribution in [1.29, 1.82) is 0 Å². The van der Waals surface area contributed by atoms with Gasteiger partial charge in [-0.1, -0.05) is 12.1 Å². The van der Waals surface area contributed by atoms with Crippen molar-refractivity contribution in [3.8, 4) is 11.4 Å². The van der Waals surface area contributed by atoms with E-state index in [0.29, 0.717) is 24.0 Å². The molecule has 2 aliphatic heterocycles. The lowest BCUT2D eigenvalue weighted by molar-refractivity contribution is 0.0751. The van der Waals surface area contributed by atoms with Crippen molar-refractivity contribution in [1.82, 2.24) is 25.2 Å². The molecule has 4 rings (SSSR count). The molecule has 1 N–H and O–H groups in total. The zero-order valence-electron chi connectivity index (χ0n) is 17.6. The summed E-state index contributed by atoms with van der Waals surface area (Å²) in [6, 6.07) is 7.78. The van der Waals surface area contributed by atoms with Crippen LogP contribution in [-0.2, 0) is 6.42 Å². The van der Waals surface area contributed by atoms with E-state index < -0.39 is 0 Å². The van der Waals surface area contributed by atoms with Gasteiger partial charge in [-0.05, 0) is 82.3 Å². The van der Waals surface area contributed by atoms with Crippen LogP contribution in [0, 0.1) is 11.8 Å². The van der Waals surface area contributed by atoms with Crippen molar-refractivity contribution < 1.29 is 9.53 Å². The van der Waals surface area contributed by atoms with E-state index in [-0.39, 0.29) is 12.0 Å². The summed E-state index contributed by atoms with van der Waals surface area (Å²) in [7, 11) is 0. The molecule has 7 heteroatoms. The van der Waals surface area contributed by atoms with Gasteiger partial charge in [0.2, 0.25) is 0 Å². The van der Waals surface area contributed by atoms with Gasteiger partial charge in [0.15, 0.2) is 5.69 Å². The van der Waals surface area contributed by atoms with E-state index in [2.05, 4.69) is 15.6 Å². The molecular weight excluding hydrogens is 366 g/mol. The van der Waals surface area contributed by atoms with Crippen LogP contribution in [-0.4, -0.2) is 58.1 Å². The van der Waals surface area contributed by atoms with Gasteiger partial charge in [0.05, 0.1) is 17.5 Å². The monoisotopic (exact) mass is 397 g/mol. The topological polar surface area (TPSA) is 72.3 Å². The Morgan fingerprint density at radius 1 is 1.17 bits per heavy atom. The number of ether oxygens (including phenoxy) is 1. The zero-order chi connectivity index (χ0) is 20.4. The predicted octanol–water partition coefficient (Wildman–Crippen LogP) is 2.69. The fraction of sp³-hybridized carbons (Fsp3) is 0.591. The number of rotatable bonds is 5. The number of aromatic nitrogens is 3. The number of nitrogens with zero attached hydrogens (tertiary/aromatic N) is 4. The number of benzene rings is 1. The number of hydrogen-bond acceptors (Lipinski definition) is 5. The largest absolute Gasteiger partial charge is 0.491 e. The quantitative estimate of drug-likeness (QED) is 0.840. The maximum absolute atomic E-state index is 13.2. The number of carbonyl (C=O) groups excluding carboxylic acids is 1. The summed E-state index contributed by atoms with van der Waals surface area (Å²) in [6.45, 7) is 9.83. The first-order valence-corrected chi connectivity index (χ1v) is 10.8. The molecule has 0 bridgehead atoms. The molecule has 0 aliphatic carbocycles. The third-order valence-corrected chi connectivity index (χ3v) is 6.06. The van der Waals surface area contributed by atoms with Crippen molar-refractivity contribution in [3.05, 3.63) is 35.7 Å². The SMILES string of the molecule is CCc1c(C(=O)N2CC[C@@H]3CNC[C@@H]3CC2)nnn1-c1ccc(OC(C)C)cc1. The van der Waals surface area contributed by atoms with Crippen molar-refractivity contribution >= 4 is 5.91 Å². The average molecular weight is 398 g/mol. The van der Waals surface area contributed by atoms with Crippen LogP contribution < -0.4 is 10.1 Å². The summed E-state index contributed by atoms with van der Waals surface area (Å²) in [5, 5.41) is 12.1. The van der Waals surface area contributed by atoms with Gasteiger partial charge in [0.25, 0.3) is 5.91 Å². The second kappa shape index (κ2) is 8.53. The third kappa shape index (κ3) is 4.15. The maximum atomic E-state index is 13.2. The lowest BCUT2D eigenvalue weighted by atomic mass is 9.92. The fourth-order valence-electron chi connectivity index (χ4n) is 4.50. The molecule has 1 aromatic heterocycles. The van der Waals surface area contributed by atoms with Crippen molar-refractivity contribution in [2.24, 2.45) is 11.8 Å². The second-order valence-corrected chi connectivity index (χ2v) is 8.36. The zero-order valence-corrected chi connectivity index (χ0v) is 17.6. The minimum Gasteiger partial charge on any atom is -0.491 e. The number of likely N-dealkylation sites (tertiary alicyclic amines) is 1. The summed E-state index contributed by atoms with van der Waals surface area (Å²) in [6.07, 6.45) is 2.96. The van der Waals surface area contributed by atoms with E-state index in [1.807, 2.05) is 49.9 Å². The van der Waals surface area contributed by atoms with E-state index in [4.69, 9.17) is 4.74 Å². The molecular formula is C22H31N5O2. The van der Waals surface area contributed by atoms with E-state index in [1.54, 1.807) is 4.68 Å². The molecule has 0 saturated carbocycles.